The molecule has 7 heteroatoms. The summed E-state index contributed by atoms with van der Waals surface area (Å²) in [6.07, 6.45) is 23.8. The largest absolute Gasteiger partial charge is 0.544 e. The molecular weight excluding hydrogens is 494 g/mol. The zero-order valence-corrected chi connectivity index (χ0v) is 25.5. The van der Waals surface area contributed by atoms with Crippen molar-refractivity contribution >= 4 is 17.9 Å². The van der Waals surface area contributed by atoms with Crippen LogP contribution in [0.4, 0.5) is 0 Å². The maximum absolute atomic E-state index is 12.2. The lowest BCUT2D eigenvalue weighted by atomic mass is 9.93. The molecule has 2 N–H and O–H groups in total. The molecule has 0 spiro atoms. The van der Waals surface area contributed by atoms with Crippen LogP contribution in [0.2, 0.25) is 0 Å². The van der Waals surface area contributed by atoms with E-state index >= 15 is 0 Å². The van der Waals surface area contributed by atoms with Gasteiger partial charge in [0.25, 0.3) is 0 Å². The molecule has 0 aliphatic rings. The number of nitrogens with zero attached hydrogens (tertiary/aromatic N) is 1. The molecule has 0 aliphatic carbocycles. The van der Waals surface area contributed by atoms with E-state index in [9.17, 15) is 29.7 Å². The molecule has 39 heavy (non-hydrogen) atoms. The van der Waals surface area contributed by atoms with Gasteiger partial charge in [0, 0.05) is 19.3 Å². The Morgan fingerprint density at radius 3 is 1.28 bits per heavy atom. The summed E-state index contributed by atoms with van der Waals surface area (Å²) in [6.45, 7) is 7.49. The molecular formula is C32H59NO6. The maximum atomic E-state index is 12.2. The number of unbranched alkanes of at least 4 members (excludes halogenated alkanes) is 14. The fraction of sp³-hybridized carbons (Fsp3) is 0.844. The van der Waals surface area contributed by atoms with Crippen LogP contribution in [0.15, 0.2) is 12.2 Å². The second-order valence-electron chi connectivity index (χ2n) is 11.1. The summed E-state index contributed by atoms with van der Waals surface area (Å²) in [5.41, 5.74) is 0. The lowest BCUT2D eigenvalue weighted by Gasteiger charge is -2.51. The molecule has 228 valence electrons. The van der Waals surface area contributed by atoms with Crippen LogP contribution in [0.1, 0.15) is 150 Å². The van der Waals surface area contributed by atoms with Gasteiger partial charge in [0.2, 0.25) is 0 Å². The van der Waals surface area contributed by atoms with Gasteiger partial charge in [0.15, 0.2) is 12.1 Å². The molecule has 3 atom stereocenters. The molecule has 3 unspecified atom stereocenters. The zero-order valence-electron chi connectivity index (χ0n) is 25.5. The van der Waals surface area contributed by atoms with Crippen molar-refractivity contribution in [3.63, 3.8) is 0 Å². The molecule has 0 heterocycles. The van der Waals surface area contributed by atoms with Gasteiger partial charge in [0.1, 0.15) is 6.04 Å². The molecule has 0 bridgehead atoms. The standard InChI is InChI=1S/C32H59NO6/c1-5-9-10-11-12-13-14-15-16-17-18-19-20-21-22-23-24-25-26-33(27(6-2)30(34)35,28(7-3)31(36)37)29(8-4)32(38)39/h11-12,27-29H,5-10,13-26H2,1-4H3,(H2-,34,35,36,37,38,39)/b12-11+. The topological polar surface area (TPSA) is 115 Å². The first-order valence-electron chi connectivity index (χ1n) is 15.9. The average molecular weight is 554 g/mol. The quantitative estimate of drug-likeness (QED) is 0.0651. The predicted molar refractivity (Wildman–Crippen MR) is 156 cm³/mol. The number of carbonyl (C=O) groups excluding carboxylic acids is 1. The number of carbonyl (C=O) groups is 3. The minimum atomic E-state index is -1.36. The number of rotatable bonds is 27. The van der Waals surface area contributed by atoms with E-state index in [1.54, 1.807) is 20.8 Å². The molecule has 0 aromatic rings. The Hall–Kier alpha value is -1.89. The molecule has 0 saturated heterocycles. The summed E-state index contributed by atoms with van der Waals surface area (Å²) in [5, 5.41) is 32.1. The molecule has 0 aromatic heterocycles. The predicted octanol–water partition coefficient (Wildman–Crippen LogP) is 6.88. The number of hydrogen-bond donors (Lipinski definition) is 2. The number of quaternary nitrogens is 1. The minimum Gasteiger partial charge on any atom is -0.544 e. The first kappa shape index (κ1) is 37.1. The first-order chi connectivity index (χ1) is 18.7. The third-order valence-electron chi connectivity index (χ3n) is 8.30. The van der Waals surface area contributed by atoms with Gasteiger partial charge in [-0.3, -0.25) is 4.48 Å². The second kappa shape index (κ2) is 22.9. The van der Waals surface area contributed by atoms with Gasteiger partial charge in [-0.2, -0.15) is 0 Å². The van der Waals surface area contributed by atoms with Crippen LogP contribution in [0.25, 0.3) is 0 Å². The van der Waals surface area contributed by atoms with Gasteiger partial charge >= 0.3 is 11.9 Å². The maximum Gasteiger partial charge on any atom is 0.362 e. The van der Waals surface area contributed by atoms with Crippen molar-refractivity contribution in [3.05, 3.63) is 12.2 Å². The van der Waals surface area contributed by atoms with Gasteiger partial charge < -0.3 is 20.1 Å². The molecule has 0 saturated carbocycles. The number of allylic oxidation sites excluding steroid dienone is 2. The van der Waals surface area contributed by atoms with Crippen LogP contribution in [0.5, 0.6) is 0 Å². The van der Waals surface area contributed by atoms with Crippen LogP contribution in [0, 0.1) is 0 Å². The third kappa shape index (κ3) is 13.8. The van der Waals surface area contributed by atoms with E-state index in [1.165, 1.54) is 77.0 Å². The zero-order chi connectivity index (χ0) is 29.5. The molecule has 7 nitrogen and oxygen atoms in total. The second-order valence-corrected chi connectivity index (χ2v) is 11.1. The normalized spacial score (nSPS) is 15.6. The van der Waals surface area contributed by atoms with Crippen molar-refractivity contribution < 1.29 is 34.2 Å². The Morgan fingerprint density at radius 2 is 0.949 bits per heavy atom. The SMILES string of the molecule is CCCC/C=C/CCCCCCCCCCCCCC[N+](C(CC)C(=O)[O-])(C(CC)C(=O)O)C(CC)C(=O)O. The number of hydrogen-bond acceptors (Lipinski definition) is 4. The van der Waals surface area contributed by atoms with Crippen molar-refractivity contribution in [1.82, 2.24) is 0 Å². The van der Waals surface area contributed by atoms with Crippen molar-refractivity contribution in [3.8, 4) is 0 Å². The summed E-state index contributed by atoms with van der Waals surface area (Å²) in [6, 6.07) is -3.37. The van der Waals surface area contributed by atoms with Gasteiger partial charge in [-0.15, -0.1) is 0 Å². The van der Waals surface area contributed by atoms with E-state index in [2.05, 4.69) is 19.1 Å². The Kier molecular flexibility index (Phi) is 21.8. The van der Waals surface area contributed by atoms with Crippen molar-refractivity contribution in [1.29, 1.82) is 0 Å². The summed E-state index contributed by atoms with van der Waals surface area (Å²) in [5.74, 6) is -3.65. The van der Waals surface area contributed by atoms with Crippen molar-refractivity contribution in [2.24, 2.45) is 0 Å². The van der Waals surface area contributed by atoms with E-state index in [4.69, 9.17) is 0 Å². The fourth-order valence-corrected chi connectivity index (χ4v) is 6.24. The summed E-state index contributed by atoms with van der Waals surface area (Å²) < 4.78 is -0.467. The summed E-state index contributed by atoms with van der Waals surface area (Å²) >= 11 is 0. The molecule has 0 fully saturated rings. The third-order valence-corrected chi connectivity index (χ3v) is 8.30. The fourth-order valence-electron chi connectivity index (χ4n) is 6.24. The van der Waals surface area contributed by atoms with Crippen molar-refractivity contribution in [2.75, 3.05) is 6.54 Å². The van der Waals surface area contributed by atoms with Crippen LogP contribution in [-0.4, -0.2) is 57.3 Å². The van der Waals surface area contributed by atoms with Crippen LogP contribution < -0.4 is 5.11 Å². The lowest BCUT2D eigenvalue weighted by molar-refractivity contribution is -0.974. The highest BCUT2D eigenvalue weighted by Crippen LogP contribution is 2.32. The highest BCUT2D eigenvalue weighted by molar-refractivity contribution is 5.77. The van der Waals surface area contributed by atoms with Gasteiger partial charge in [-0.05, 0) is 32.1 Å². The van der Waals surface area contributed by atoms with E-state index in [0.29, 0.717) is 6.42 Å². The Morgan fingerprint density at radius 1 is 0.590 bits per heavy atom. The van der Waals surface area contributed by atoms with Gasteiger partial charge in [0.05, 0.1) is 12.5 Å². The monoisotopic (exact) mass is 553 g/mol. The van der Waals surface area contributed by atoms with Crippen molar-refractivity contribution in [2.45, 2.75) is 168 Å². The Labute approximate surface area is 238 Å². The van der Waals surface area contributed by atoms with E-state index in [-0.39, 0.29) is 25.8 Å². The van der Waals surface area contributed by atoms with Crippen LogP contribution in [-0.2, 0) is 14.4 Å². The summed E-state index contributed by atoms with van der Waals surface area (Å²) in [4.78, 5) is 36.6. The first-order valence-corrected chi connectivity index (χ1v) is 15.9. The highest BCUT2D eigenvalue weighted by Gasteiger charge is 2.53. The molecule has 0 amide bonds. The highest BCUT2D eigenvalue weighted by atomic mass is 16.4. The van der Waals surface area contributed by atoms with E-state index < -0.39 is 40.5 Å². The van der Waals surface area contributed by atoms with Gasteiger partial charge in [-0.1, -0.05) is 110 Å². The smallest absolute Gasteiger partial charge is 0.362 e. The average Bonchev–Trinajstić information content (AvgIpc) is 2.88. The van der Waals surface area contributed by atoms with E-state index in [0.717, 1.165) is 19.3 Å². The van der Waals surface area contributed by atoms with Crippen LogP contribution in [0.3, 0.4) is 0 Å². The van der Waals surface area contributed by atoms with Gasteiger partial charge in [-0.25, -0.2) is 9.59 Å². The molecule has 0 rings (SSSR count). The number of aliphatic carboxylic acids is 3. The van der Waals surface area contributed by atoms with Crippen LogP contribution >= 0.6 is 0 Å². The van der Waals surface area contributed by atoms with E-state index in [1.807, 2.05) is 0 Å². The number of carboxylic acids is 3. The molecule has 0 aliphatic heterocycles. The minimum absolute atomic E-state index is 0.131. The molecule has 0 aromatic carbocycles. The Balaban J connectivity index is 4.56. The molecule has 0 radical (unpaired) electrons. The lowest BCUT2D eigenvalue weighted by Crippen LogP contribution is -2.73. The summed E-state index contributed by atoms with van der Waals surface area (Å²) in [7, 11) is 0. The Bertz CT molecular complexity index is 637. The number of carboxylic acid groups (broad SMARTS) is 3.